The van der Waals surface area contributed by atoms with E-state index in [-0.39, 0.29) is 24.1 Å². The molecule has 0 saturated carbocycles. The van der Waals surface area contributed by atoms with Crippen LogP contribution in [0.1, 0.15) is 47.7 Å². The van der Waals surface area contributed by atoms with Crippen molar-refractivity contribution < 1.29 is 18.7 Å². The fourth-order valence-corrected chi connectivity index (χ4v) is 2.95. The zero-order valence-electron chi connectivity index (χ0n) is 17.0. The molecule has 0 aromatic heterocycles. The van der Waals surface area contributed by atoms with Crippen molar-refractivity contribution in [1.82, 2.24) is 0 Å². The monoisotopic (exact) mass is 405 g/mol. The second-order valence-corrected chi connectivity index (χ2v) is 7.13. The molecule has 5 heteroatoms. The third-order valence-corrected chi connectivity index (χ3v) is 4.97. The van der Waals surface area contributed by atoms with Crippen molar-refractivity contribution in [1.29, 1.82) is 0 Å². The van der Waals surface area contributed by atoms with Crippen LogP contribution in [0.3, 0.4) is 0 Å². The molecular weight excluding hydrogens is 381 g/mol. The predicted octanol–water partition coefficient (Wildman–Crippen LogP) is 5.59. The maximum absolute atomic E-state index is 13.0. The first-order valence-electron chi connectivity index (χ1n) is 9.89. The molecular formula is C25H24FNO3. The Morgan fingerprint density at radius 1 is 0.900 bits per heavy atom. The Hall–Kier alpha value is -3.47. The van der Waals surface area contributed by atoms with Gasteiger partial charge in [-0.1, -0.05) is 26.0 Å². The third-order valence-electron chi connectivity index (χ3n) is 4.97. The van der Waals surface area contributed by atoms with E-state index in [4.69, 9.17) is 4.74 Å². The summed E-state index contributed by atoms with van der Waals surface area (Å²) in [6.07, 6.45) is 1.06. The lowest BCUT2D eigenvalue weighted by Crippen LogP contribution is -2.20. The highest BCUT2D eigenvalue weighted by Crippen LogP contribution is 2.20. The summed E-state index contributed by atoms with van der Waals surface area (Å²) in [6, 6.07) is 19.7. The average molecular weight is 405 g/mol. The minimum atomic E-state index is -0.389. The summed E-state index contributed by atoms with van der Waals surface area (Å²) >= 11 is 0. The number of carbonyl (C=O) groups excluding carboxylic acids is 2. The highest BCUT2D eigenvalue weighted by Gasteiger charge is 2.10. The molecule has 1 N–H and O–H groups in total. The number of hydrogen-bond donors (Lipinski definition) is 1. The lowest BCUT2D eigenvalue weighted by Gasteiger charge is -2.11. The third kappa shape index (κ3) is 5.54. The van der Waals surface area contributed by atoms with Gasteiger partial charge >= 0.3 is 0 Å². The average Bonchev–Trinajstić information content (AvgIpc) is 2.78. The molecule has 0 bridgehead atoms. The van der Waals surface area contributed by atoms with Crippen molar-refractivity contribution in [2.75, 3.05) is 11.9 Å². The number of anilines is 1. The molecule has 0 radical (unpaired) electrons. The van der Waals surface area contributed by atoms with Crippen molar-refractivity contribution in [3.8, 4) is 5.75 Å². The lowest BCUT2D eigenvalue weighted by atomic mass is 9.99. The van der Waals surface area contributed by atoms with Crippen molar-refractivity contribution in [2.45, 2.75) is 26.2 Å². The van der Waals surface area contributed by atoms with E-state index < -0.39 is 0 Å². The van der Waals surface area contributed by atoms with Crippen LogP contribution < -0.4 is 10.1 Å². The zero-order chi connectivity index (χ0) is 21.5. The van der Waals surface area contributed by atoms with Crippen molar-refractivity contribution in [3.05, 3.63) is 95.3 Å². The van der Waals surface area contributed by atoms with Crippen LogP contribution in [0.4, 0.5) is 10.1 Å². The van der Waals surface area contributed by atoms with E-state index in [2.05, 4.69) is 19.2 Å². The first-order chi connectivity index (χ1) is 14.5. The van der Waals surface area contributed by atoms with E-state index in [0.717, 1.165) is 12.1 Å². The largest absolute Gasteiger partial charge is 0.484 e. The van der Waals surface area contributed by atoms with E-state index >= 15 is 0 Å². The smallest absolute Gasteiger partial charge is 0.262 e. The molecule has 0 aliphatic carbocycles. The van der Waals surface area contributed by atoms with E-state index in [1.54, 1.807) is 24.3 Å². The summed E-state index contributed by atoms with van der Waals surface area (Å²) in [5, 5.41) is 2.80. The summed E-state index contributed by atoms with van der Waals surface area (Å²) in [4.78, 5) is 24.5. The van der Waals surface area contributed by atoms with Crippen molar-refractivity contribution >= 4 is 17.4 Å². The summed E-state index contributed by atoms with van der Waals surface area (Å²) in [5.74, 6) is 0.0989. The molecule has 0 saturated heterocycles. The second-order valence-electron chi connectivity index (χ2n) is 7.13. The van der Waals surface area contributed by atoms with Crippen LogP contribution in [0, 0.1) is 5.82 Å². The maximum atomic E-state index is 13.0. The maximum Gasteiger partial charge on any atom is 0.262 e. The molecule has 0 spiro atoms. The van der Waals surface area contributed by atoms with Gasteiger partial charge in [-0.05, 0) is 78.6 Å². The van der Waals surface area contributed by atoms with Gasteiger partial charge in [0.1, 0.15) is 11.6 Å². The van der Waals surface area contributed by atoms with Gasteiger partial charge in [0.2, 0.25) is 0 Å². The summed E-state index contributed by atoms with van der Waals surface area (Å²) < 4.78 is 18.5. The van der Waals surface area contributed by atoms with E-state index in [1.807, 2.05) is 24.3 Å². The highest BCUT2D eigenvalue weighted by molar-refractivity contribution is 6.09. The number of nitrogens with one attached hydrogen (secondary N) is 1. The summed E-state index contributed by atoms with van der Waals surface area (Å²) in [6.45, 7) is 4.17. The van der Waals surface area contributed by atoms with Crippen LogP contribution in [0.15, 0.2) is 72.8 Å². The normalized spacial score (nSPS) is 11.6. The van der Waals surface area contributed by atoms with E-state index in [9.17, 15) is 14.0 Å². The minimum absolute atomic E-state index is 0.141. The fourth-order valence-electron chi connectivity index (χ4n) is 2.95. The number of halogens is 1. The molecule has 3 aromatic rings. The van der Waals surface area contributed by atoms with Gasteiger partial charge in [-0.3, -0.25) is 9.59 Å². The molecule has 0 heterocycles. The standard InChI is InChI=1S/C25H24FNO3/c1-3-17(2)18-6-12-22(13-7-18)27-24(28)16-30-23-14-8-20(9-15-23)25(29)19-4-10-21(26)11-5-19/h4-15,17H,3,16H2,1-2H3,(H,27,28). The van der Waals surface area contributed by atoms with Crippen LogP contribution in [-0.2, 0) is 4.79 Å². The number of hydrogen-bond acceptors (Lipinski definition) is 3. The van der Waals surface area contributed by atoms with Gasteiger partial charge in [-0.25, -0.2) is 4.39 Å². The topological polar surface area (TPSA) is 55.4 Å². The number of carbonyl (C=O) groups is 2. The summed E-state index contributed by atoms with van der Waals surface area (Å²) in [5.41, 5.74) is 2.82. The predicted molar refractivity (Wildman–Crippen MR) is 116 cm³/mol. The van der Waals surface area contributed by atoms with Crippen molar-refractivity contribution in [2.24, 2.45) is 0 Å². The molecule has 154 valence electrons. The van der Waals surface area contributed by atoms with Crippen LogP contribution >= 0.6 is 0 Å². The van der Waals surface area contributed by atoms with E-state index in [0.29, 0.717) is 22.8 Å². The Morgan fingerprint density at radius 2 is 1.47 bits per heavy atom. The molecule has 30 heavy (non-hydrogen) atoms. The Morgan fingerprint density at radius 3 is 2.03 bits per heavy atom. The Kier molecular flexibility index (Phi) is 6.96. The minimum Gasteiger partial charge on any atom is -0.484 e. The number of amides is 1. The zero-order valence-corrected chi connectivity index (χ0v) is 17.0. The molecule has 0 aliphatic rings. The number of ether oxygens (including phenoxy) is 1. The Balaban J connectivity index is 1.52. The molecule has 1 unspecified atom stereocenters. The van der Waals surface area contributed by atoms with Crippen LogP contribution in [-0.4, -0.2) is 18.3 Å². The van der Waals surface area contributed by atoms with Crippen LogP contribution in [0.25, 0.3) is 0 Å². The van der Waals surface area contributed by atoms with Gasteiger partial charge in [-0.2, -0.15) is 0 Å². The number of benzene rings is 3. The van der Waals surface area contributed by atoms with E-state index in [1.165, 1.54) is 29.8 Å². The fraction of sp³-hybridized carbons (Fsp3) is 0.200. The molecule has 1 atom stereocenters. The second kappa shape index (κ2) is 9.83. The van der Waals surface area contributed by atoms with Crippen molar-refractivity contribution in [3.63, 3.8) is 0 Å². The molecule has 1 amide bonds. The van der Waals surface area contributed by atoms with Gasteiger partial charge in [-0.15, -0.1) is 0 Å². The Bertz CT molecular complexity index is 996. The molecule has 0 aliphatic heterocycles. The van der Waals surface area contributed by atoms with Crippen LogP contribution in [0.2, 0.25) is 0 Å². The molecule has 0 fully saturated rings. The summed E-state index contributed by atoms with van der Waals surface area (Å²) in [7, 11) is 0. The Labute approximate surface area is 175 Å². The lowest BCUT2D eigenvalue weighted by molar-refractivity contribution is -0.118. The highest BCUT2D eigenvalue weighted by atomic mass is 19.1. The first-order valence-corrected chi connectivity index (χ1v) is 9.89. The van der Waals surface area contributed by atoms with Gasteiger partial charge in [0, 0.05) is 16.8 Å². The van der Waals surface area contributed by atoms with Gasteiger partial charge in [0.05, 0.1) is 0 Å². The first kappa shape index (κ1) is 21.2. The van der Waals surface area contributed by atoms with Gasteiger partial charge < -0.3 is 10.1 Å². The molecule has 4 nitrogen and oxygen atoms in total. The quantitative estimate of drug-likeness (QED) is 0.497. The van der Waals surface area contributed by atoms with Gasteiger partial charge in [0.15, 0.2) is 12.4 Å². The number of rotatable bonds is 8. The molecule has 3 rings (SSSR count). The number of ketones is 1. The SMILES string of the molecule is CCC(C)c1ccc(NC(=O)COc2ccc(C(=O)c3ccc(F)cc3)cc2)cc1. The van der Waals surface area contributed by atoms with Crippen LogP contribution in [0.5, 0.6) is 5.75 Å². The van der Waals surface area contributed by atoms with Gasteiger partial charge in [0.25, 0.3) is 5.91 Å². The molecule has 3 aromatic carbocycles.